The molecule has 0 radical (unpaired) electrons. The number of hydrogen-bond acceptors (Lipinski definition) is 6. The fourth-order valence-electron chi connectivity index (χ4n) is 3.35. The van der Waals surface area contributed by atoms with Crippen molar-refractivity contribution in [3.05, 3.63) is 46.1 Å². The predicted molar refractivity (Wildman–Crippen MR) is 98.8 cm³/mol. The zero-order chi connectivity index (χ0) is 18.1. The van der Waals surface area contributed by atoms with Gasteiger partial charge in [0.15, 0.2) is 11.6 Å². The van der Waals surface area contributed by atoms with Crippen molar-refractivity contribution in [1.29, 1.82) is 0 Å². The summed E-state index contributed by atoms with van der Waals surface area (Å²) in [4.78, 5) is 36.7. The molecule has 0 aromatic carbocycles. The van der Waals surface area contributed by atoms with Gasteiger partial charge in [0.25, 0.3) is 5.91 Å². The van der Waals surface area contributed by atoms with E-state index in [9.17, 15) is 4.79 Å². The molecule has 7 nitrogen and oxygen atoms in total. The molecule has 1 unspecified atom stereocenters. The van der Waals surface area contributed by atoms with E-state index in [1.165, 1.54) is 11.3 Å². The zero-order valence-electron chi connectivity index (χ0n) is 14.8. The van der Waals surface area contributed by atoms with Gasteiger partial charge in [0.1, 0.15) is 10.6 Å². The third kappa shape index (κ3) is 3.12. The summed E-state index contributed by atoms with van der Waals surface area (Å²) in [7, 11) is 0. The highest BCUT2D eigenvalue weighted by Gasteiger charge is 2.32. The number of aryl methyl sites for hydroxylation is 2. The number of carbonyl (C=O) groups is 1. The van der Waals surface area contributed by atoms with E-state index in [2.05, 4.69) is 19.9 Å². The van der Waals surface area contributed by atoms with Crippen LogP contribution in [-0.4, -0.2) is 42.3 Å². The number of thiazole rings is 1. The molecule has 1 aliphatic rings. The Labute approximate surface area is 155 Å². The second-order valence-electron chi connectivity index (χ2n) is 6.47. The van der Waals surface area contributed by atoms with E-state index in [1.54, 1.807) is 17.9 Å². The Bertz CT molecular complexity index is 920. The number of nitrogens with one attached hydrogen (secondary N) is 1. The van der Waals surface area contributed by atoms with E-state index >= 15 is 0 Å². The zero-order valence-corrected chi connectivity index (χ0v) is 15.6. The number of piperidine rings is 1. The smallest absolute Gasteiger partial charge is 0.266 e. The van der Waals surface area contributed by atoms with Crippen molar-refractivity contribution in [3.63, 3.8) is 0 Å². The molecular weight excluding hydrogens is 348 g/mol. The average Bonchev–Trinajstić information content (AvgIpc) is 3.32. The Balaban J connectivity index is 1.71. The van der Waals surface area contributed by atoms with Crippen LogP contribution in [0.25, 0.3) is 11.5 Å². The Morgan fingerprint density at radius 1 is 1.27 bits per heavy atom. The molecule has 1 fully saturated rings. The second kappa shape index (κ2) is 6.95. The van der Waals surface area contributed by atoms with Gasteiger partial charge in [-0.15, -0.1) is 11.3 Å². The van der Waals surface area contributed by atoms with Crippen LogP contribution in [-0.2, 0) is 0 Å². The molecule has 4 heterocycles. The number of H-pyrrole nitrogens is 1. The standard InChI is InChI=1S/C18H20N6OS/c1-11-9-13(16-19-6-7-20-16)23-17(22-11)14-5-3-4-8-24(14)18(25)15-12(2)21-10-26-15/h6-7,9-10,14H,3-5,8H2,1-2H3,(H,19,20). The summed E-state index contributed by atoms with van der Waals surface area (Å²) in [5.74, 6) is 1.43. The first kappa shape index (κ1) is 16.8. The number of imidazole rings is 1. The minimum atomic E-state index is -0.119. The molecule has 3 aromatic heterocycles. The topological polar surface area (TPSA) is 87.7 Å². The van der Waals surface area contributed by atoms with Gasteiger partial charge in [0, 0.05) is 24.6 Å². The summed E-state index contributed by atoms with van der Waals surface area (Å²) in [6.07, 6.45) is 6.40. The SMILES string of the molecule is Cc1cc(-c2ncc[nH]2)nc(C2CCCCN2C(=O)c2scnc2C)n1. The van der Waals surface area contributed by atoms with Crippen LogP contribution in [0.1, 0.15) is 52.2 Å². The number of hydrogen-bond donors (Lipinski definition) is 1. The van der Waals surface area contributed by atoms with Crippen molar-refractivity contribution >= 4 is 17.2 Å². The average molecular weight is 368 g/mol. The van der Waals surface area contributed by atoms with Crippen LogP contribution in [0.4, 0.5) is 0 Å². The van der Waals surface area contributed by atoms with E-state index in [0.717, 1.165) is 36.3 Å². The largest absolute Gasteiger partial charge is 0.343 e. The lowest BCUT2D eigenvalue weighted by Gasteiger charge is -2.34. The fourth-order valence-corrected chi connectivity index (χ4v) is 4.11. The molecule has 1 atom stereocenters. The maximum absolute atomic E-state index is 13.1. The molecule has 0 bridgehead atoms. The van der Waals surface area contributed by atoms with Crippen molar-refractivity contribution in [1.82, 2.24) is 29.8 Å². The van der Waals surface area contributed by atoms with Crippen LogP contribution in [0.3, 0.4) is 0 Å². The first-order valence-corrected chi connectivity index (χ1v) is 9.58. The van der Waals surface area contributed by atoms with E-state index in [4.69, 9.17) is 4.98 Å². The number of rotatable bonds is 3. The molecule has 1 saturated heterocycles. The van der Waals surface area contributed by atoms with E-state index in [-0.39, 0.29) is 11.9 Å². The molecule has 0 spiro atoms. The number of aromatic nitrogens is 5. The lowest BCUT2D eigenvalue weighted by molar-refractivity contribution is 0.0604. The van der Waals surface area contributed by atoms with Gasteiger partial charge in [0.2, 0.25) is 0 Å². The summed E-state index contributed by atoms with van der Waals surface area (Å²) in [5, 5.41) is 0. The monoisotopic (exact) mass is 368 g/mol. The van der Waals surface area contributed by atoms with Crippen LogP contribution in [0, 0.1) is 13.8 Å². The number of carbonyl (C=O) groups excluding carboxylic acids is 1. The number of nitrogens with zero attached hydrogens (tertiary/aromatic N) is 5. The van der Waals surface area contributed by atoms with Crippen molar-refractivity contribution in [3.8, 4) is 11.5 Å². The normalized spacial score (nSPS) is 17.5. The molecule has 3 aromatic rings. The number of aromatic amines is 1. The molecule has 26 heavy (non-hydrogen) atoms. The highest BCUT2D eigenvalue weighted by molar-refractivity contribution is 7.11. The van der Waals surface area contributed by atoms with Gasteiger partial charge in [-0.2, -0.15) is 0 Å². The molecular formula is C18H20N6OS. The van der Waals surface area contributed by atoms with Gasteiger partial charge in [-0.05, 0) is 39.2 Å². The summed E-state index contributed by atoms with van der Waals surface area (Å²) in [6, 6.07) is 1.79. The predicted octanol–water partition coefficient (Wildman–Crippen LogP) is 3.31. The highest BCUT2D eigenvalue weighted by atomic mass is 32.1. The van der Waals surface area contributed by atoms with E-state index < -0.39 is 0 Å². The fraction of sp³-hybridized carbons (Fsp3) is 0.389. The van der Waals surface area contributed by atoms with Gasteiger partial charge in [0.05, 0.1) is 17.2 Å². The third-order valence-electron chi connectivity index (χ3n) is 4.61. The van der Waals surface area contributed by atoms with Gasteiger partial charge >= 0.3 is 0 Å². The number of amides is 1. The summed E-state index contributed by atoms with van der Waals surface area (Å²) < 4.78 is 0. The third-order valence-corrected chi connectivity index (χ3v) is 5.53. The first-order valence-electron chi connectivity index (χ1n) is 8.70. The van der Waals surface area contributed by atoms with Crippen molar-refractivity contribution in [2.24, 2.45) is 0 Å². The van der Waals surface area contributed by atoms with Crippen LogP contribution in [0.15, 0.2) is 24.0 Å². The molecule has 1 amide bonds. The quantitative estimate of drug-likeness (QED) is 0.766. The lowest BCUT2D eigenvalue weighted by Crippen LogP contribution is -2.39. The van der Waals surface area contributed by atoms with Crippen molar-refractivity contribution in [2.75, 3.05) is 6.54 Å². The highest BCUT2D eigenvalue weighted by Crippen LogP contribution is 2.32. The Hall–Kier alpha value is -2.61. The van der Waals surface area contributed by atoms with Gasteiger partial charge in [-0.3, -0.25) is 4.79 Å². The van der Waals surface area contributed by atoms with Crippen molar-refractivity contribution < 1.29 is 4.79 Å². The summed E-state index contributed by atoms with van der Waals surface area (Å²) in [6.45, 7) is 4.54. The number of likely N-dealkylation sites (tertiary alicyclic amines) is 1. The molecule has 0 saturated carbocycles. The molecule has 0 aliphatic carbocycles. The van der Waals surface area contributed by atoms with Gasteiger partial charge in [-0.25, -0.2) is 19.9 Å². The van der Waals surface area contributed by atoms with Gasteiger partial charge < -0.3 is 9.88 Å². The Kier molecular flexibility index (Phi) is 4.50. The first-order chi connectivity index (χ1) is 12.6. The van der Waals surface area contributed by atoms with Crippen LogP contribution >= 0.6 is 11.3 Å². The van der Waals surface area contributed by atoms with Gasteiger partial charge in [-0.1, -0.05) is 0 Å². The molecule has 1 aliphatic heterocycles. The summed E-state index contributed by atoms with van der Waals surface area (Å²) in [5.41, 5.74) is 4.13. The lowest BCUT2D eigenvalue weighted by atomic mass is 10.0. The maximum Gasteiger partial charge on any atom is 0.266 e. The van der Waals surface area contributed by atoms with Crippen LogP contribution < -0.4 is 0 Å². The van der Waals surface area contributed by atoms with E-state index in [0.29, 0.717) is 23.1 Å². The van der Waals surface area contributed by atoms with Crippen molar-refractivity contribution in [2.45, 2.75) is 39.2 Å². The van der Waals surface area contributed by atoms with Crippen LogP contribution in [0.5, 0.6) is 0 Å². The maximum atomic E-state index is 13.1. The molecule has 1 N–H and O–H groups in total. The Morgan fingerprint density at radius 3 is 2.88 bits per heavy atom. The van der Waals surface area contributed by atoms with Crippen LogP contribution in [0.2, 0.25) is 0 Å². The minimum Gasteiger partial charge on any atom is -0.343 e. The minimum absolute atomic E-state index is 0.0272. The molecule has 8 heteroatoms. The molecule has 4 rings (SSSR count). The Morgan fingerprint density at radius 2 is 2.15 bits per heavy atom. The van der Waals surface area contributed by atoms with E-state index in [1.807, 2.05) is 24.8 Å². The molecule has 134 valence electrons. The second-order valence-corrected chi connectivity index (χ2v) is 7.32. The summed E-state index contributed by atoms with van der Waals surface area (Å²) >= 11 is 1.39.